The molecule has 0 bridgehead atoms. The standard InChI is InChI=1S/C28H23F3O5/c29-28(30,31)23-13-7-8-19(15-23)14-22-16-27(17-32,36-25(22)33)18-35-26(34)24(20-9-3-1-4-10-20)21-11-5-2-6-12-21/h1-15,24,32H,16-18H2/b22-14+. The molecule has 0 aromatic heterocycles. The van der Waals surface area contributed by atoms with Crippen LogP contribution in [0.4, 0.5) is 13.2 Å². The summed E-state index contributed by atoms with van der Waals surface area (Å²) >= 11 is 0. The van der Waals surface area contributed by atoms with E-state index in [9.17, 15) is 27.9 Å². The first kappa shape index (κ1) is 25.2. The highest BCUT2D eigenvalue weighted by Gasteiger charge is 2.45. The van der Waals surface area contributed by atoms with Gasteiger partial charge < -0.3 is 14.6 Å². The van der Waals surface area contributed by atoms with Crippen LogP contribution < -0.4 is 0 Å². The van der Waals surface area contributed by atoms with Gasteiger partial charge in [0.1, 0.15) is 12.5 Å². The molecule has 1 atom stereocenters. The third kappa shape index (κ3) is 5.66. The molecule has 36 heavy (non-hydrogen) atoms. The number of esters is 2. The lowest BCUT2D eigenvalue weighted by Crippen LogP contribution is -2.40. The van der Waals surface area contributed by atoms with Crippen molar-refractivity contribution in [1.29, 1.82) is 0 Å². The Bertz CT molecular complexity index is 1220. The first-order valence-electron chi connectivity index (χ1n) is 11.2. The zero-order valence-electron chi connectivity index (χ0n) is 19.1. The second-order valence-electron chi connectivity index (χ2n) is 8.56. The molecule has 8 heteroatoms. The summed E-state index contributed by atoms with van der Waals surface area (Å²) in [5.74, 6) is -2.12. The summed E-state index contributed by atoms with van der Waals surface area (Å²) in [7, 11) is 0. The highest BCUT2D eigenvalue weighted by Crippen LogP contribution is 2.35. The van der Waals surface area contributed by atoms with Crippen molar-refractivity contribution < 1.29 is 37.3 Å². The van der Waals surface area contributed by atoms with E-state index < -0.39 is 48.4 Å². The van der Waals surface area contributed by atoms with Crippen LogP contribution in [0.2, 0.25) is 0 Å². The molecule has 4 rings (SSSR count). The average molecular weight is 496 g/mol. The number of cyclic esters (lactones) is 1. The number of ether oxygens (including phenoxy) is 2. The highest BCUT2D eigenvalue weighted by atomic mass is 19.4. The number of carbonyl (C=O) groups excluding carboxylic acids is 2. The van der Waals surface area contributed by atoms with E-state index in [4.69, 9.17) is 9.47 Å². The topological polar surface area (TPSA) is 72.8 Å². The Morgan fingerprint density at radius 2 is 1.61 bits per heavy atom. The van der Waals surface area contributed by atoms with Gasteiger partial charge >= 0.3 is 18.1 Å². The van der Waals surface area contributed by atoms with Crippen molar-refractivity contribution in [2.75, 3.05) is 13.2 Å². The van der Waals surface area contributed by atoms with Gasteiger partial charge in [-0.25, -0.2) is 4.79 Å². The molecule has 186 valence electrons. The zero-order chi connectivity index (χ0) is 25.8. The maximum atomic E-state index is 13.2. The van der Waals surface area contributed by atoms with Crippen LogP contribution in [0.3, 0.4) is 0 Å². The molecule has 0 amide bonds. The smallest absolute Gasteiger partial charge is 0.416 e. The van der Waals surface area contributed by atoms with Crippen molar-refractivity contribution in [3.63, 3.8) is 0 Å². The Hall–Kier alpha value is -3.91. The number of hydrogen-bond donors (Lipinski definition) is 1. The Morgan fingerprint density at radius 1 is 1.00 bits per heavy atom. The quantitative estimate of drug-likeness (QED) is 0.362. The van der Waals surface area contributed by atoms with E-state index in [1.54, 1.807) is 48.5 Å². The molecule has 3 aromatic rings. The number of aliphatic hydroxyl groups excluding tert-OH is 1. The molecule has 1 unspecified atom stereocenters. The first-order valence-corrected chi connectivity index (χ1v) is 11.2. The average Bonchev–Trinajstić information content (AvgIpc) is 3.19. The second-order valence-corrected chi connectivity index (χ2v) is 8.56. The molecule has 1 N–H and O–H groups in total. The molecule has 5 nitrogen and oxygen atoms in total. The summed E-state index contributed by atoms with van der Waals surface area (Å²) in [6, 6.07) is 22.6. The van der Waals surface area contributed by atoms with Gasteiger partial charge in [0.25, 0.3) is 0 Å². The fourth-order valence-electron chi connectivity index (χ4n) is 4.09. The summed E-state index contributed by atoms with van der Waals surface area (Å²) in [6.07, 6.45) is -3.37. The third-order valence-electron chi connectivity index (χ3n) is 5.91. The fourth-order valence-corrected chi connectivity index (χ4v) is 4.09. The van der Waals surface area contributed by atoms with Crippen molar-refractivity contribution in [1.82, 2.24) is 0 Å². The largest absolute Gasteiger partial charge is 0.461 e. The maximum absolute atomic E-state index is 13.2. The SMILES string of the molecule is O=C1OC(CO)(COC(=O)C(c2ccccc2)c2ccccc2)C/C1=C\c1cccc(C(F)(F)F)c1. The lowest BCUT2D eigenvalue weighted by Gasteiger charge is -2.26. The van der Waals surface area contributed by atoms with Gasteiger partial charge in [-0.1, -0.05) is 72.8 Å². The van der Waals surface area contributed by atoms with Gasteiger partial charge in [-0.3, -0.25) is 4.79 Å². The first-order chi connectivity index (χ1) is 17.2. The monoisotopic (exact) mass is 496 g/mol. The molecule has 1 aliphatic heterocycles. The molecule has 1 heterocycles. The van der Waals surface area contributed by atoms with Gasteiger partial charge in [-0.15, -0.1) is 0 Å². The number of alkyl halides is 3. The van der Waals surface area contributed by atoms with Crippen molar-refractivity contribution in [3.8, 4) is 0 Å². The van der Waals surface area contributed by atoms with Crippen LogP contribution in [-0.2, 0) is 25.2 Å². The lowest BCUT2D eigenvalue weighted by molar-refractivity contribution is -0.166. The molecule has 0 radical (unpaired) electrons. The van der Waals surface area contributed by atoms with Gasteiger partial charge in [0.15, 0.2) is 5.60 Å². The molecular weight excluding hydrogens is 473 g/mol. The number of aliphatic hydroxyl groups is 1. The summed E-state index contributed by atoms with van der Waals surface area (Å²) in [5, 5.41) is 10.0. The van der Waals surface area contributed by atoms with Crippen LogP contribution in [0.25, 0.3) is 6.08 Å². The molecule has 0 spiro atoms. The van der Waals surface area contributed by atoms with Crippen LogP contribution in [0.1, 0.15) is 34.6 Å². The van der Waals surface area contributed by atoms with E-state index in [-0.39, 0.29) is 17.6 Å². The Labute approximate surface area is 205 Å². The van der Waals surface area contributed by atoms with E-state index in [0.29, 0.717) is 11.1 Å². The van der Waals surface area contributed by atoms with E-state index in [1.165, 1.54) is 18.2 Å². The molecule has 3 aromatic carbocycles. The highest BCUT2D eigenvalue weighted by molar-refractivity contribution is 5.96. The fraction of sp³-hybridized carbons (Fsp3) is 0.214. The summed E-state index contributed by atoms with van der Waals surface area (Å²) in [5.41, 5.74) is -0.727. The van der Waals surface area contributed by atoms with Crippen molar-refractivity contribution in [2.45, 2.75) is 24.1 Å². The zero-order valence-corrected chi connectivity index (χ0v) is 19.1. The molecule has 0 aliphatic carbocycles. The Kier molecular flexibility index (Phi) is 7.26. The van der Waals surface area contributed by atoms with Crippen LogP contribution in [-0.4, -0.2) is 35.9 Å². The summed E-state index contributed by atoms with van der Waals surface area (Å²) < 4.78 is 50.0. The number of hydrogen-bond acceptors (Lipinski definition) is 5. The van der Waals surface area contributed by atoms with Gasteiger partial charge in [0, 0.05) is 12.0 Å². The van der Waals surface area contributed by atoms with Gasteiger partial charge in [-0.2, -0.15) is 13.2 Å². The number of benzene rings is 3. The summed E-state index contributed by atoms with van der Waals surface area (Å²) in [6.45, 7) is -1.04. The number of carbonyl (C=O) groups is 2. The minimum atomic E-state index is -4.53. The lowest BCUT2D eigenvalue weighted by atomic mass is 9.91. The van der Waals surface area contributed by atoms with Crippen molar-refractivity contribution >= 4 is 18.0 Å². The van der Waals surface area contributed by atoms with Crippen LogP contribution in [0.5, 0.6) is 0 Å². The normalized spacial score (nSPS) is 18.9. The Morgan fingerprint density at radius 3 is 2.17 bits per heavy atom. The maximum Gasteiger partial charge on any atom is 0.416 e. The van der Waals surface area contributed by atoms with Crippen molar-refractivity contribution in [2.24, 2.45) is 0 Å². The van der Waals surface area contributed by atoms with Crippen LogP contribution in [0, 0.1) is 0 Å². The minimum absolute atomic E-state index is 0.0714. The minimum Gasteiger partial charge on any atom is -0.461 e. The number of halogens is 3. The third-order valence-corrected chi connectivity index (χ3v) is 5.91. The van der Waals surface area contributed by atoms with Gasteiger partial charge in [0.2, 0.25) is 0 Å². The second kappa shape index (κ2) is 10.4. The summed E-state index contributed by atoms with van der Waals surface area (Å²) in [4.78, 5) is 25.7. The van der Waals surface area contributed by atoms with Crippen molar-refractivity contribution in [3.05, 3.63) is 113 Å². The van der Waals surface area contributed by atoms with Gasteiger partial charge in [0.05, 0.1) is 12.2 Å². The predicted octanol–water partition coefficient (Wildman–Crippen LogP) is 5.14. The van der Waals surface area contributed by atoms with E-state index in [2.05, 4.69) is 0 Å². The number of rotatable bonds is 7. The molecule has 0 saturated carbocycles. The van der Waals surface area contributed by atoms with E-state index >= 15 is 0 Å². The van der Waals surface area contributed by atoms with Gasteiger partial charge in [-0.05, 0) is 34.9 Å². The Balaban J connectivity index is 1.53. The predicted molar refractivity (Wildman–Crippen MR) is 126 cm³/mol. The van der Waals surface area contributed by atoms with Crippen LogP contribution >= 0.6 is 0 Å². The van der Waals surface area contributed by atoms with Crippen LogP contribution in [0.15, 0.2) is 90.5 Å². The molecular formula is C28H23F3O5. The van der Waals surface area contributed by atoms with E-state index in [0.717, 1.165) is 12.1 Å². The molecule has 1 saturated heterocycles. The van der Waals surface area contributed by atoms with E-state index in [1.807, 2.05) is 12.1 Å². The molecule has 1 fully saturated rings. The molecule has 1 aliphatic rings.